The fourth-order valence-corrected chi connectivity index (χ4v) is 1.98. The van der Waals surface area contributed by atoms with Crippen LogP contribution in [-0.2, 0) is 0 Å². The molecule has 0 aliphatic rings. The van der Waals surface area contributed by atoms with E-state index in [4.69, 9.17) is 0 Å². The summed E-state index contributed by atoms with van der Waals surface area (Å²) in [5.74, 6) is 0. The van der Waals surface area contributed by atoms with Crippen molar-refractivity contribution in [2.24, 2.45) is 0 Å². The molecular formula is C15H11N3O. The quantitative estimate of drug-likeness (QED) is 0.759. The van der Waals surface area contributed by atoms with Crippen molar-refractivity contribution >= 4 is 0 Å². The zero-order valence-corrected chi connectivity index (χ0v) is 10.1. The minimum atomic E-state index is -0.00356. The lowest BCUT2D eigenvalue weighted by atomic mass is 10.0. The second-order valence-electron chi connectivity index (χ2n) is 4.08. The summed E-state index contributed by atoms with van der Waals surface area (Å²) in [5, 5.41) is 0. The van der Waals surface area contributed by atoms with Crippen LogP contribution in [0.25, 0.3) is 22.3 Å². The van der Waals surface area contributed by atoms with Gasteiger partial charge >= 0.3 is 0 Å². The minimum absolute atomic E-state index is 0.00356. The molecule has 0 aliphatic carbocycles. The van der Waals surface area contributed by atoms with Gasteiger partial charge in [0.25, 0.3) is 0 Å². The minimum Gasteiger partial charge on any atom is -0.366 e. The lowest BCUT2D eigenvalue weighted by molar-refractivity contribution is 1.28. The third-order valence-corrected chi connectivity index (χ3v) is 2.93. The van der Waals surface area contributed by atoms with Crippen LogP contribution < -0.4 is 5.43 Å². The smallest absolute Gasteiger partial charge is 0.197 e. The maximum Gasteiger partial charge on any atom is 0.197 e. The van der Waals surface area contributed by atoms with Gasteiger partial charge in [-0.15, -0.1) is 0 Å². The molecule has 0 aliphatic heterocycles. The van der Waals surface area contributed by atoms with E-state index in [1.54, 1.807) is 37.2 Å². The molecule has 3 aromatic heterocycles. The topological polar surface area (TPSA) is 58.6 Å². The van der Waals surface area contributed by atoms with Crippen molar-refractivity contribution in [3.05, 3.63) is 71.7 Å². The summed E-state index contributed by atoms with van der Waals surface area (Å²) in [6, 6.07) is 7.28. The average molecular weight is 249 g/mol. The van der Waals surface area contributed by atoms with Gasteiger partial charge in [-0.05, 0) is 35.4 Å². The Hall–Kier alpha value is -2.75. The molecule has 0 amide bonds. The highest BCUT2D eigenvalue weighted by molar-refractivity contribution is 5.70. The monoisotopic (exact) mass is 249 g/mol. The lowest BCUT2D eigenvalue weighted by Gasteiger charge is -2.04. The summed E-state index contributed by atoms with van der Waals surface area (Å²) in [7, 11) is 0. The van der Waals surface area contributed by atoms with E-state index in [0.717, 1.165) is 11.1 Å². The molecule has 4 heteroatoms. The van der Waals surface area contributed by atoms with Crippen molar-refractivity contribution in [1.29, 1.82) is 0 Å². The van der Waals surface area contributed by atoms with Crippen LogP contribution in [0.15, 0.2) is 66.2 Å². The molecule has 0 unspecified atom stereocenters. The summed E-state index contributed by atoms with van der Waals surface area (Å²) in [4.78, 5) is 23.5. The number of nitrogens with zero attached hydrogens (tertiary/aromatic N) is 2. The molecule has 0 spiro atoms. The van der Waals surface area contributed by atoms with Crippen LogP contribution >= 0.6 is 0 Å². The number of pyridine rings is 3. The van der Waals surface area contributed by atoms with Gasteiger partial charge in [0.2, 0.25) is 0 Å². The molecule has 0 saturated carbocycles. The van der Waals surface area contributed by atoms with Crippen LogP contribution in [0.4, 0.5) is 0 Å². The number of rotatable bonds is 2. The summed E-state index contributed by atoms with van der Waals surface area (Å²) in [6.07, 6.45) is 10.1. The normalized spacial score (nSPS) is 10.3. The van der Waals surface area contributed by atoms with E-state index < -0.39 is 0 Å². The Labute approximate surface area is 109 Å². The van der Waals surface area contributed by atoms with E-state index in [1.165, 1.54) is 0 Å². The van der Waals surface area contributed by atoms with Crippen molar-refractivity contribution in [2.45, 2.75) is 0 Å². The molecule has 1 N–H and O–H groups in total. The van der Waals surface area contributed by atoms with Gasteiger partial charge in [-0.3, -0.25) is 14.8 Å². The number of hydrogen-bond donors (Lipinski definition) is 1. The predicted octanol–water partition coefficient (Wildman–Crippen LogP) is 2.50. The Balaban J connectivity index is 2.18. The van der Waals surface area contributed by atoms with E-state index in [9.17, 15) is 4.79 Å². The van der Waals surface area contributed by atoms with Crippen molar-refractivity contribution in [3.63, 3.8) is 0 Å². The van der Waals surface area contributed by atoms with Gasteiger partial charge < -0.3 is 4.98 Å². The summed E-state index contributed by atoms with van der Waals surface area (Å²) in [6.45, 7) is 0. The molecule has 0 radical (unpaired) electrons. The van der Waals surface area contributed by atoms with Gasteiger partial charge in [-0.25, -0.2) is 0 Å². The van der Waals surface area contributed by atoms with Crippen LogP contribution in [0.3, 0.4) is 0 Å². The van der Waals surface area contributed by atoms with Crippen LogP contribution in [0, 0.1) is 0 Å². The molecule has 4 nitrogen and oxygen atoms in total. The van der Waals surface area contributed by atoms with Gasteiger partial charge in [0.15, 0.2) is 5.43 Å². The van der Waals surface area contributed by atoms with Crippen molar-refractivity contribution < 1.29 is 0 Å². The zero-order chi connectivity index (χ0) is 13.1. The van der Waals surface area contributed by atoms with Crippen molar-refractivity contribution in [1.82, 2.24) is 15.0 Å². The summed E-state index contributed by atoms with van der Waals surface area (Å²) < 4.78 is 0. The van der Waals surface area contributed by atoms with Crippen LogP contribution in [0.2, 0.25) is 0 Å². The van der Waals surface area contributed by atoms with Gasteiger partial charge in [0.05, 0.1) is 0 Å². The van der Waals surface area contributed by atoms with E-state index in [-0.39, 0.29) is 5.43 Å². The third-order valence-electron chi connectivity index (χ3n) is 2.93. The second kappa shape index (κ2) is 4.86. The highest BCUT2D eigenvalue weighted by Gasteiger charge is 2.08. The number of aromatic nitrogens is 3. The molecule has 92 valence electrons. The van der Waals surface area contributed by atoms with E-state index in [0.29, 0.717) is 11.1 Å². The Bertz CT molecular complexity index is 675. The van der Waals surface area contributed by atoms with E-state index >= 15 is 0 Å². The van der Waals surface area contributed by atoms with E-state index in [1.807, 2.05) is 24.3 Å². The maximum absolute atomic E-state index is 12.5. The first-order valence-electron chi connectivity index (χ1n) is 5.88. The first-order chi connectivity index (χ1) is 9.36. The number of nitrogens with one attached hydrogen (secondary N) is 1. The molecule has 3 rings (SSSR count). The molecule has 0 saturated heterocycles. The average Bonchev–Trinajstić information content (AvgIpc) is 2.49. The SMILES string of the molecule is O=c1c(-c2ccncc2)c[nH]cc1-c1ccncc1. The molecule has 19 heavy (non-hydrogen) atoms. The number of H-pyrrole nitrogens is 1. The largest absolute Gasteiger partial charge is 0.366 e. The third kappa shape index (κ3) is 2.15. The maximum atomic E-state index is 12.5. The number of aromatic amines is 1. The Morgan fingerprint density at radius 3 is 1.58 bits per heavy atom. The highest BCUT2D eigenvalue weighted by atomic mass is 16.1. The first-order valence-corrected chi connectivity index (χ1v) is 5.88. The van der Waals surface area contributed by atoms with Crippen LogP contribution in [0.1, 0.15) is 0 Å². The van der Waals surface area contributed by atoms with Gasteiger partial charge in [-0.1, -0.05) is 0 Å². The first kappa shape index (κ1) is 11.3. The molecule has 3 heterocycles. The van der Waals surface area contributed by atoms with E-state index in [2.05, 4.69) is 15.0 Å². The Morgan fingerprint density at radius 2 is 1.16 bits per heavy atom. The molecular weight excluding hydrogens is 238 g/mol. The Kier molecular flexibility index (Phi) is 2.90. The molecule has 0 atom stereocenters. The second-order valence-corrected chi connectivity index (χ2v) is 4.08. The van der Waals surface area contributed by atoms with Gasteiger partial charge in [-0.2, -0.15) is 0 Å². The van der Waals surface area contributed by atoms with Crippen LogP contribution in [0.5, 0.6) is 0 Å². The predicted molar refractivity (Wildman–Crippen MR) is 73.5 cm³/mol. The van der Waals surface area contributed by atoms with Crippen LogP contribution in [-0.4, -0.2) is 15.0 Å². The molecule has 0 bridgehead atoms. The fourth-order valence-electron chi connectivity index (χ4n) is 1.98. The summed E-state index contributed by atoms with van der Waals surface area (Å²) >= 11 is 0. The summed E-state index contributed by atoms with van der Waals surface area (Å²) in [5.41, 5.74) is 2.98. The van der Waals surface area contributed by atoms with Gasteiger partial charge in [0.1, 0.15) is 0 Å². The lowest BCUT2D eigenvalue weighted by Crippen LogP contribution is -2.08. The van der Waals surface area contributed by atoms with Crippen molar-refractivity contribution in [3.8, 4) is 22.3 Å². The molecule has 0 fully saturated rings. The molecule has 0 aromatic carbocycles. The highest BCUT2D eigenvalue weighted by Crippen LogP contribution is 2.18. The van der Waals surface area contributed by atoms with Crippen molar-refractivity contribution in [2.75, 3.05) is 0 Å². The molecule has 3 aromatic rings. The fraction of sp³-hybridized carbons (Fsp3) is 0. The Morgan fingerprint density at radius 1 is 0.737 bits per heavy atom. The van der Waals surface area contributed by atoms with Gasteiger partial charge in [0, 0.05) is 48.3 Å². The standard InChI is InChI=1S/C15H11N3O/c19-15-13(11-1-5-16-6-2-11)9-18-10-14(15)12-3-7-17-8-4-12/h1-10H,(H,18,19). The number of hydrogen-bond acceptors (Lipinski definition) is 3. The zero-order valence-electron chi connectivity index (χ0n) is 10.1.